The number of nitrogens with one attached hydrogen (secondary N) is 2. The van der Waals surface area contributed by atoms with E-state index in [0.717, 1.165) is 21.5 Å². The fourth-order valence-corrected chi connectivity index (χ4v) is 3.18. The fourth-order valence-electron chi connectivity index (χ4n) is 2.31. The molecule has 0 unspecified atom stereocenters. The molecular formula is C19H17BrN2O3S. The topological polar surface area (TPSA) is 67.4 Å². The summed E-state index contributed by atoms with van der Waals surface area (Å²) < 4.78 is 6.31. The van der Waals surface area contributed by atoms with Gasteiger partial charge in [0.25, 0.3) is 11.8 Å². The molecule has 0 radical (unpaired) electrons. The number of amides is 2. The summed E-state index contributed by atoms with van der Waals surface area (Å²) in [5, 5.41) is 7.33. The van der Waals surface area contributed by atoms with Gasteiger partial charge in [-0.3, -0.25) is 9.59 Å². The van der Waals surface area contributed by atoms with Crippen molar-refractivity contribution in [2.24, 2.45) is 0 Å². The molecular weight excluding hydrogens is 416 g/mol. The van der Waals surface area contributed by atoms with Crippen LogP contribution >= 0.6 is 27.7 Å². The van der Waals surface area contributed by atoms with Crippen molar-refractivity contribution in [2.75, 3.05) is 23.0 Å². The normalized spacial score (nSPS) is 13.4. The molecule has 7 heteroatoms. The molecule has 2 amide bonds. The highest BCUT2D eigenvalue weighted by atomic mass is 79.9. The molecule has 1 aliphatic rings. The average molecular weight is 433 g/mol. The lowest BCUT2D eigenvalue weighted by molar-refractivity contribution is -0.116. The molecule has 1 heterocycles. The summed E-state index contributed by atoms with van der Waals surface area (Å²) in [5.74, 6) is 0.658. The number of benzene rings is 2. The monoisotopic (exact) mass is 432 g/mol. The summed E-state index contributed by atoms with van der Waals surface area (Å²) in [4.78, 5) is 24.4. The van der Waals surface area contributed by atoms with E-state index < -0.39 is 0 Å². The van der Waals surface area contributed by atoms with Gasteiger partial charge in [-0.1, -0.05) is 15.9 Å². The summed E-state index contributed by atoms with van der Waals surface area (Å²) in [5.41, 5.74) is 2.88. The third-order valence-corrected chi connectivity index (χ3v) is 5.37. The highest BCUT2D eigenvalue weighted by Crippen LogP contribution is 2.21. The van der Waals surface area contributed by atoms with Crippen LogP contribution in [0.2, 0.25) is 0 Å². The number of thioether (sulfide) groups is 1. The van der Waals surface area contributed by atoms with Gasteiger partial charge >= 0.3 is 0 Å². The quantitative estimate of drug-likeness (QED) is 0.743. The van der Waals surface area contributed by atoms with E-state index in [1.165, 1.54) is 0 Å². The molecule has 0 fully saturated rings. The maximum atomic E-state index is 12.3. The first-order valence-electron chi connectivity index (χ1n) is 7.96. The van der Waals surface area contributed by atoms with Gasteiger partial charge in [0, 0.05) is 32.6 Å². The van der Waals surface area contributed by atoms with Gasteiger partial charge in [-0.05, 0) is 55.0 Å². The van der Waals surface area contributed by atoms with Crippen LogP contribution in [-0.2, 0) is 9.53 Å². The molecule has 3 rings (SSSR count). The minimum atomic E-state index is -0.292. The second-order valence-electron chi connectivity index (χ2n) is 5.65. The van der Waals surface area contributed by atoms with Crippen molar-refractivity contribution in [2.45, 2.75) is 6.92 Å². The zero-order valence-corrected chi connectivity index (χ0v) is 16.4. The number of anilines is 2. The van der Waals surface area contributed by atoms with Crippen molar-refractivity contribution in [3.63, 3.8) is 0 Å². The Bertz CT molecular complexity index is 866. The van der Waals surface area contributed by atoms with Gasteiger partial charge in [-0.2, -0.15) is 0 Å². The van der Waals surface area contributed by atoms with Gasteiger partial charge in [-0.25, -0.2) is 0 Å². The average Bonchev–Trinajstić information content (AvgIpc) is 2.66. The van der Waals surface area contributed by atoms with Crippen LogP contribution in [0.15, 0.2) is 58.1 Å². The minimum Gasteiger partial charge on any atom is -0.487 e. The Morgan fingerprint density at radius 3 is 2.38 bits per heavy atom. The van der Waals surface area contributed by atoms with Crippen molar-refractivity contribution in [1.82, 2.24) is 0 Å². The molecule has 26 heavy (non-hydrogen) atoms. The number of aryl methyl sites for hydroxylation is 1. The van der Waals surface area contributed by atoms with Crippen LogP contribution in [0.4, 0.5) is 11.4 Å². The van der Waals surface area contributed by atoms with Crippen LogP contribution in [-0.4, -0.2) is 24.2 Å². The molecule has 0 spiro atoms. The molecule has 2 aromatic rings. The molecule has 0 bridgehead atoms. The van der Waals surface area contributed by atoms with Gasteiger partial charge < -0.3 is 15.4 Å². The number of hydrogen-bond donors (Lipinski definition) is 2. The Balaban J connectivity index is 1.63. The molecule has 0 saturated heterocycles. The highest BCUT2D eigenvalue weighted by Gasteiger charge is 2.14. The van der Waals surface area contributed by atoms with Crippen molar-refractivity contribution in [1.29, 1.82) is 0 Å². The minimum absolute atomic E-state index is 0.209. The maximum absolute atomic E-state index is 12.3. The van der Waals surface area contributed by atoms with Crippen molar-refractivity contribution in [3.8, 4) is 0 Å². The summed E-state index contributed by atoms with van der Waals surface area (Å²) in [7, 11) is 0. The number of carbonyl (C=O) groups is 2. The molecule has 0 atom stereocenters. The number of carbonyl (C=O) groups excluding carboxylic acids is 2. The van der Waals surface area contributed by atoms with Gasteiger partial charge in [-0.15, -0.1) is 11.8 Å². The zero-order valence-electron chi connectivity index (χ0n) is 14.0. The third-order valence-electron chi connectivity index (χ3n) is 3.69. The Hall–Kier alpha value is -2.25. The number of rotatable bonds is 4. The Morgan fingerprint density at radius 1 is 1.04 bits per heavy atom. The highest BCUT2D eigenvalue weighted by molar-refractivity contribution is 9.10. The standard InChI is InChI=1S/C19H17BrN2O3S/c1-12-10-15(6-7-16(12)20)22-18(23)13-2-4-14(5-3-13)21-19(24)17-11-26-9-8-25-17/h2-7,10-11H,8-9H2,1H3,(H,21,24)(H,22,23). The van der Waals surface area contributed by atoms with Crippen molar-refractivity contribution in [3.05, 3.63) is 69.2 Å². The van der Waals surface area contributed by atoms with Crippen LogP contribution in [0, 0.1) is 6.92 Å². The van der Waals surface area contributed by atoms with Gasteiger partial charge in [0.15, 0.2) is 5.76 Å². The number of hydrogen-bond acceptors (Lipinski definition) is 4. The Kier molecular flexibility index (Phi) is 6.00. The Labute approximate surface area is 164 Å². The predicted octanol–water partition coefficient (Wildman–Crippen LogP) is 4.55. The van der Waals surface area contributed by atoms with Crippen LogP contribution in [0.3, 0.4) is 0 Å². The molecule has 0 aromatic heterocycles. The van der Waals surface area contributed by atoms with Gasteiger partial charge in [0.2, 0.25) is 0 Å². The van der Waals surface area contributed by atoms with Crippen LogP contribution in [0.1, 0.15) is 15.9 Å². The first kappa shape index (κ1) is 18.5. The van der Waals surface area contributed by atoms with Crippen LogP contribution in [0.5, 0.6) is 0 Å². The van der Waals surface area contributed by atoms with E-state index in [9.17, 15) is 9.59 Å². The largest absolute Gasteiger partial charge is 0.487 e. The molecule has 0 saturated carbocycles. The number of ether oxygens (including phenoxy) is 1. The SMILES string of the molecule is Cc1cc(NC(=O)c2ccc(NC(=O)C3=CSCCO3)cc2)ccc1Br. The second-order valence-corrected chi connectivity index (χ2v) is 7.48. The Morgan fingerprint density at radius 2 is 1.73 bits per heavy atom. The molecule has 5 nitrogen and oxygen atoms in total. The predicted molar refractivity (Wildman–Crippen MR) is 108 cm³/mol. The smallest absolute Gasteiger partial charge is 0.291 e. The van der Waals surface area contributed by atoms with E-state index >= 15 is 0 Å². The first-order valence-corrected chi connectivity index (χ1v) is 9.80. The van der Waals surface area contributed by atoms with Crippen molar-refractivity contribution < 1.29 is 14.3 Å². The molecule has 134 valence electrons. The molecule has 2 N–H and O–H groups in total. The third kappa shape index (κ3) is 4.68. The fraction of sp³-hybridized carbons (Fsp3) is 0.158. The van der Waals surface area contributed by atoms with E-state index in [1.54, 1.807) is 41.4 Å². The molecule has 0 aliphatic carbocycles. The van der Waals surface area contributed by atoms with E-state index in [-0.39, 0.29) is 11.8 Å². The lowest BCUT2D eigenvalue weighted by Crippen LogP contribution is -2.19. The van der Waals surface area contributed by atoms with Gasteiger partial charge in [0.1, 0.15) is 0 Å². The van der Waals surface area contributed by atoms with E-state index in [4.69, 9.17) is 4.74 Å². The van der Waals surface area contributed by atoms with Gasteiger partial charge in [0.05, 0.1) is 6.61 Å². The van der Waals surface area contributed by atoms with Crippen molar-refractivity contribution >= 4 is 50.9 Å². The summed E-state index contributed by atoms with van der Waals surface area (Å²) in [6.45, 7) is 2.49. The molecule has 1 aliphatic heterocycles. The summed E-state index contributed by atoms with van der Waals surface area (Å²) in [6, 6.07) is 12.3. The van der Waals surface area contributed by atoms with E-state index in [1.807, 2.05) is 25.1 Å². The lowest BCUT2D eigenvalue weighted by atomic mass is 10.1. The summed E-state index contributed by atoms with van der Waals surface area (Å²) >= 11 is 4.98. The second kappa shape index (κ2) is 8.42. The first-order chi connectivity index (χ1) is 12.5. The molecule has 2 aromatic carbocycles. The van der Waals surface area contributed by atoms with E-state index in [0.29, 0.717) is 23.6 Å². The van der Waals surface area contributed by atoms with Crippen LogP contribution < -0.4 is 10.6 Å². The maximum Gasteiger partial charge on any atom is 0.291 e. The van der Waals surface area contributed by atoms with Crippen LogP contribution in [0.25, 0.3) is 0 Å². The number of halogens is 1. The zero-order chi connectivity index (χ0) is 18.5. The summed E-state index contributed by atoms with van der Waals surface area (Å²) in [6.07, 6.45) is 0. The lowest BCUT2D eigenvalue weighted by Gasteiger charge is -2.14. The van der Waals surface area contributed by atoms with E-state index in [2.05, 4.69) is 26.6 Å².